The number of esters is 2. The lowest BCUT2D eigenvalue weighted by Crippen LogP contribution is -2.20. The molecule has 23 heteroatoms. The van der Waals surface area contributed by atoms with Crippen LogP contribution in [0.4, 0.5) is 11.4 Å². The average molecular weight is 1680 g/mol. The van der Waals surface area contributed by atoms with Gasteiger partial charge >= 0.3 is 11.9 Å². The molecule has 0 saturated heterocycles. The van der Waals surface area contributed by atoms with E-state index in [4.69, 9.17) is 46.7 Å². The minimum Gasteiger partial charge on any atom is -0.466 e. The fraction of sp³-hybridized carbons (Fsp3) is 0.424. The van der Waals surface area contributed by atoms with Crippen molar-refractivity contribution < 1.29 is 29.0 Å². The first kappa shape index (κ1) is 93.1. The number of imidazole rings is 4. The van der Waals surface area contributed by atoms with E-state index in [1.165, 1.54) is 45.3 Å². The molecule has 0 saturated carbocycles. The molecule has 0 radical (unpaired) electrons. The second kappa shape index (κ2) is 39.8. The Balaban J connectivity index is 0.000000160. The summed E-state index contributed by atoms with van der Waals surface area (Å²) in [7, 11) is 2.01. The van der Waals surface area contributed by atoms with Gasteiger partial charge in [-0.1, -0.05) is 165 Å². The lowest BCUT2D eigenvalue weighted by atomic mass is 9.91. The number of rotatable bonds is 23. The van der Waals surface area contributed by atoms with Crippen LogP contribution in [0.15, 0.2) is 152 Å². The molecule has 9 aromatic heterocycles. The Morgan fingerprint density at radius 3 is 1.02 bits per heavy atom. The Morgan fingerprint density at radius 1 is 0.418 bits per heavy atom. The van der Waals surface area contributed by atoms with Gasteiger partial charge < -0.3 is 73.7 Å². The van der Waals surface area contributed by atoms with Crippen molar-refractivity contribution in [1.29, 1.82) is 0 Å². The molecule has 14 aromatic rings. The lowest BCUT2D eigenvalue weighted by molar-refractivity contribution is -0.144. The van der Waals surface area contributed by atoms with E-state index < -0.39 is 0 Å². The van der Waals surface area contributed by atoms with E-state index >= 15 is 0 Å². The van der Waals surface area contributed by atoms with E-state index in [9.17, 15) is 19.5 Å². The van der Waals surface area contributed by atoms with Gasteiger partial charge in [0.15, 0.2) is 0 Å². The summed E-state index contributed by atoms with van der Waals surface area (Å²) in [4.78, 5) is 69.2. The number of alkyl halides is 1. The number of carbonyl (C=O) groups is 3. The number of ether oxygens (including phenoxy) is 2. The molecule has 0 fully saturated rings. The van der Waals surface area contributed by atoms with Crippen LogP contribution in [0.1, 0.15) is 211 Å². The number of H-pyrrole nitrogens is 4. The molecule has 0 spiro atoms. The summed E-state index contributed by atoms with van der Waals surface area (Å²) >= 11 is 5.92. The molecular formula is C99H131ClN16O6. The van der Waals surface area contributed by atoms with Crippen LogP contribution in [-0.4, -0.2) is 125 Å². The molecule has 0 bridgehead atoms. The highest BCUT2D eigenvalue weighted by Gasteiger charge is 2.31. The third-order valence-electron chi connectivity index (χ3n) is 22.0. The number of hydrogen-bond donors (Lipinski definition) is 8. The molecule has 9 heterocycles. The maximum absolute atomic E-state index is 12.8. The molecule has 0 unspecified atom stereocenters. The van der Waals surface area contributed by atoms with Gasteiger partial charge in [0.05, 0.1) is 93.7 Å². The fourth-order valence-corrected chi connectivity index (χ4v) is 15.8. The van der Waals surface area contributed by atoms with Crippen molar-refractivity contribution in [1.82, 2.24) is 68.0 Å². The van der Waals surface area contributed by atoms with Crippen molar-refractivity contribution in [3.63, 3.8) is 0 Å². The number of nitrogen functional groups attached to an aromatic ring is 1. The van der Waals surface area contributed by atoms with Crippen molar-refractivity contribution in [3.8, 4) is 45.6 Å². The molecule has 0 aliphatic heterocycles. The highest BCUT2D eigenvalue weighted by atomic mass is 35.5. The van der Waals surface area contributed by atoms with Crippen molar-refractivity contribution in [2.24, 2.45) is 0 Å². The molecule has 0 aliphatic rings. The van der Waals surface area contributed by atoms with Gasteiger partial charge in [0.25, 0.3) is 5.91 Å². The second-order valence-corrected chi connectivity index (χ2v) is 36.8. The van der Waals surface area contributed by atoms with Gasteiger partial charge in [-0.2, -0.15) is 0 Å². The van der Waals surface area contributed by atoms with Gasteiger partial charge in [0, 0.05) is 145 Å². The number of hydrogen-bond acceptors (Lipinski definition) is 12. The first-order chi connectivity index (χ1) is 57.7. The van der Waals surface area contributed by atoms with Gasteiger partial charge in [-0.3, -0.25) is 14.4 Å². The van der Waals surface area contributed by atoms with Crippen molar-refractivity contribution in [2.75, 3.05) is 50.3 Å². The minimum absolute atomic E-state index is 0.0181. The molecule has 22 nitrogen and oxygen atoms in total. The quantitative estimate of drug-likeness (QED) is 0.0128. The molecule has 0 aliphatic carbocycles. The topological polar surface area (TPSA) is 279 Å². The molecule has 14 rings (SSSR count). The second-order valence-electron chi connectivity index (χ2n) is 36.4. The van der Waals surface area contributed by atoms with E-state index in [1.54, 1.807) is 19.1 Å². The molecule has 5 aromatic carbocycles. The van der Waals surface area contributed by atoms with Crippen molar-refractivity contribution in [2.45, 2.75) is 238 Å². The Kier molecular flexibility index (Phi) is 30.3. The predicted octanol–water partition coefficient (Wildman–Crippen LogP) is 21.6. The van der Waals surface area contributed by atoms with Gasteiger partial charge in [-0.15, -0.1) is 11.6 Å². The van der Waals surface area contributed by atoms with Crippen LogP contribution in [-0.2, 0) is 78.9 Å². The Labute approximate surface area is 725 Å². The molecule has 650 valence electrons. The minimum atomic E-state index is -0.242. The number of fused-ring (bicyclic) bond motifs is 4. The smallest absolute Gasteiger partial charge is 0.307 e. The summed E-state index contributed by atoms with van der Waals surface area (Å²) in [6.45, 7) is 52.6. The summed E-state index contributed by atoms with van der Waals surface area (Å²) in [5, 5.41) is 15.5. The zero-order valence-electron chi connectivity index (χ0n) is 76.3. The summed E-state index contributed by atoms with van der Waals surface area (Å²) in [5.41, 5.74) is 32.1. The molecule has 9 N–H and O–H groups in total. The number of carbonyl (C=O) groups excluding carboxylic acids is 3. The van der Waals surface area contributed by atoms with Crippen LogP contribution in [0.3, 0.4) is 0 Å². The maximum atomic E-state index is 12.8. The molecule has 0 atom stereocenters. The Bertz CT molecular complexity index is 5750. The first-order valence-corrected chi connectivity index (χ1v) is 43.4. The Morgan fingerprint density at radius 2 is 0.713 bits per heavy atom. The number of amides is 1. The molecule has 122 heavy (non-hydrogen) atoms. The summed E-state index contributed by atoms with van der Waals surface area (Å²) in [6.07, 6.45) is 2.72. The lowest BCUT2D eigenvalue weighted by Gasteiger charge is -2.22. The van der Waals surface area contributed by atoms with Crippen LogP contribution < -0.4 is 16.4 Å². The number of para-hydroxylation sites is 10. The van der Waals surface area contributed by atoms with Crippen LogP contribution in [0.25, 0.3) is 89.7 Å². The summed E-state index contributed by atoms with van der Waals surface area (Å²) in [5.74, 6) is 3.72. The SMILES string of the molecule is CCOC(=O)CCn1c(C(C)(C)C)cc(-c2nc3ccccc3[nH]2)c1C.CCOC(=O)CCn1c(C(C)(C)C)cc(C(=O)Nc2ccccc2N)c1C.CNCCCn1c(C(C)(C)C)cc(-c2nc3ccccc3[nH]2)c1C.Cc1c(-c2nc3ccccc3[nH]2)cc(C(C)(C)C)n1CCCCl.Cc1c(-c2nc3ccccc3[nH]2)cc(C(C)(C)C)n1CCO. The normalized spacial score (nSPS) is 11.9. The summed E-state index contributed by atoms with van der Waals surface area (Å²) < 4.78 is 21.4. The van der Waals surface area contributed by atoms with Crippen LogP contribution in [0.2, 0.25) is 0 Å². The van der Waals surface area contributed by atoms with Crippen molar-refractivity contribution >= 4 is 85.0 Å². The number of aromatic amines is 4. The summed E-state index contributed by atoms with van der Waals surface area (Å²) in [6, 6.07) is 50.5. The third-order valence-corrected chi connectivity index (χ3v) is 22.3. The largest absolute Gasteiger partial charge is 0.466 e. The van der Waals surface area contributed by atoms with E-state index in [0.29, 0.717) is 62.1 Å². The fourth-order valence-electron chi connectivity index (χ4n) is 15.7. The van der Waals surface area contributed by atoms with Crippen LogP contribution in [0, 0.1) is 34.6 Å². The monoisotopic (exact) mass is 1680 g/mol. The zero-order chi connectivity index (χ0) is 88.9. The van der Waals surface area contributed by atoms with Gasteiger partial charge in [0.2, 0.25) is 0 Å². The highest BCUT2D eigenvalue weighted by molar-refractivity contribution is 6.17. The Hall–Kier alpha value is -11.2. The standard InChI is InChI=1S/C21H29N3O3.C21H27N3O2.C20H28N4.C19H24ClN3.C18H23N3O/c1-6-27-19(25)11-12-24-14(2)15(13-18(24)21(3,4)5)20(26)23-17-10-8-7-9-16(17)22;1-6-26-19(25)11-12-24-14(2)15(13-18(24)21(3,4)5)20-22-16-9-7-8-10-17(16)23-20;1-14-15(19-22-16-9-6-7-10-17(16)23-19)13-18(20(2,3)4)24(14)12-8-11-21-5;1-13-14(18-21-15-8-5-6-9-16(15)22-18)12-17(19(2,3)4)23(13)11-7-10-20;1-12-13(11-16(18(2,3)4)21(12)9-10-22)17-19-14-7-5-6-8-15(14)20-17/h7-10,13H,6,11-12,22H2,1-5H3,(H,23,26);7-10,13H,6,11-12H2,1-5H3,(H,22,23);6-7,9-10,13,21H,8,11-12H2,1-5H3,(H,22,23);5-6,8-9,12H,7,10-11H2,1-4H3,(H,21,22);5-8,11,22H,9-10H2,1-4H3,(H,19,20). The number of benzene rings is 5. The van der Waals surface area contributed by atoms with Crippen LogP contribution in [0.5, 0.6) is 0 Å². The number of aromatic nitrogens is 13. The van der Waals surface area contributed by atoms with Gasteiger partial charge in [0.1, 0.15) is 23.3 Å². The number of halogens is 1. The third kappa shape index (κ3) is 22.4. The van der Waals surface area contributed by atoms with Gasteiger partial charge in [-0.25, -0.2) is 19.9 Å². The number of aliphatic hydroxyl groups is 1. The van der Waals surface area contributed by atoms with E-state index in [1.807, 2.05) is 123 Å². The van der Waals surface area contributed by atoms with E-state index in [-0.39, 0.29) is 57.9 Å². The molecular weight excluding hydrogens is 1540 g/mol. The van der Waals surface area contributed by atoms with Gasteiger partial charge in [-0.05, 0) is 166 Å². The number of anilines is 2. The van der Waals surface area contributed by atoms with E-state index in [2.05, 4.69) is 223 Å². The zero-order valence-corrected chi connectivity index (χ0v) is 77.1. The first-order valence-electron chi connectivity index (χ1n) is 42.8. The highest BCUT2D eigenvalue weighted by Crippen LogP contribution is 2.39. The molecule has 1 amide bonds. The number of nitrogens with zero attached hydrogens (tertiary/aromatic N) is 9. The predicted molar refractivity (Wildman–Crippen MR) is 502 cm³/mol. The van der Waals surface area contributed by atoms with Crippen molar-refractivity contribution in [3.05, 3.63) is 214 Å². The number of nitrogens with two attached hydrogens (primary N) is 1. The number of aliphatic hydroxyl groups excluding tert-OH is 1. The van der Waals surface area contributed by atoms with Crippen LogP contribution >= 0.6 is 11.6 Å². The maximum Gasteiger partial charge on any atom is 0.307 e. The average Bonchev–Trinajstić information content (AvgIpc) is 1.61. The number of nitrogens with one attached hydrogen (secondary N) is 6. The van der Waals surface area contributed by atoms with E-state index in [0.717, 1.165) is 134 Å².